The average molecular weight is 150 g/mol. The molecule has 0 aliphatic heterocycles. The highest BCUT2D eigenvalue weighted by atomic mass is 16.5. The largest absolute Gasteiger partial charge is 0.482 e. The quantitative estimate of drug-likeness (QED) is 0.624. The van der Waals surface area contributed by atoms with Crippen LogP contribution in [-0.2, 0) is 0 Å². The molecule has 0 saturated carbocycles. The highest BCUT2D eigenvalue weighted by Gasteiger charge is 1.97. The van der Waals surface area contributed by atoms with Gasteiger partial charge in [-0.2, -0.15) is 5.26 Å². The van der Waals surface area contributed by atoms with Gasteiger partial charge in [0.1, 0.15) is 11.6 Å². The molecular formula is C7H6N2O2. The second-order valence-corrected chi connectivity index (χ2v) is 1.88. The Kier molecular flexibility index (Phi) is 1.93. The van der Waals surface area contributed by atoms with Gasteiger partial charge in [-0.15, -0.1) is 0 Å². The Morgan fingerprint density at radius 2 is 2.36 bits per heavy atom. The van der Waals surface area contributed by atoms with E-state index < -0.39 is 5.56 Å². The van der Waals surface area contributed by atoms with Gasteiger partial charge in [-0.05, 0) is 12.1 Å². The third-order valence-electron chi connectivity index (χ3n) is 1.22. The van der Waals surface area contributed by atoms with E-state index in [2.05, 4.69) is 4.98 Å². The van der Waals surface area contributed by atoms with E-state index in [1.54, 1.807) is 6.07 Å². The van der Waals surface area contributed by atoms with E-state index in [4.69, 9.17) is 10.00 Å². The minimum Gasteiger partial charge on any atom is -0.482 e. The van der Waals surface area contributed by atoms with Gasteiger partial charge in [0.05, 0.1) is 7.11 Å². The van der Waals surface area contributed by atoms with E-state index in [1.807, 2.05) is 0 Å². The van der Waals surface area contributed by atoms with Gasteiger partial charge in [-0.25, -0.2) is 0 Å². The lowest BCUT2D eigenvalue weighted by Gasteiger charge is -1.96. The fourth-order valence-corrected chi connectivity index (χ4v) is 0.663. The zero-order valence-corrected chi connectivity index (χ0v) is 5.92. The van der Waals surface area contributed by atoms with E-state index in [0.717, 1.165) is 0 Å². The van der Waals surface area contributed by atoms with Crippen molar-refractivity contribution < 1.29 is 4.74 Å². The number of ether oxygens (including phenoxy) is 1. The zero-order valence-electron chi connectivity index (χ0n) is 5.92. The van der Waals surface area contributed by atoms with Crippen molar-refractivity contribution in [2.45, 2.75) is 0 Å². The summed E-state index contributed by atoms with van der Waals surface area (Å²) in [7, 11) is 1.44. The van der Waals surface area contributed by atoms with Crippen LogP contribution in [0, 0.1) is 11.3 Å². The van der Waals surface area contributed by atoms with Crippen LogP contribution < -0.4 is 10.3 Å². The van der Waals surface area contributed by atoms with Crippen LogP contribution in [0.15, 0.2) is 16.9 Å². The number of H-pyrrole nitrogens is 1. The third kappa shape index (κ3) is 1.38. The van der Waals surface area contributed by atoms with Crippen LogP contribution in [0.4, 0.5) is 0 Å². The Morgan fingerprint density at radius 1 is 1.64 bits per heavy atom. The van der Waals surface area contributed by atoms with Crippen molar-refractivity contribution >= 4 is 0 Å². The number of nitrogens with zero attached hydrogens (tertiary/aromatic N) is 1. The summed E-state index contributed by atoms with van der Waals surface area (Å²) in [5, 5.41) is 8.37. The Balaban J connectivity index is 3.23. The highest BCUT2D eigenvalue weighted by Crippen LogP contribution is 2.00. The summed E-state index contributed by atoms with van der Waals surface area (Å²) in [6.45, 7) is 0. The maximum absolute atomic E-state index is 10.9. The van der Waals surface area contributed by atoms with Crippen molar-refractivity contribution in [2.75, 3.05) is 7.11 Å². The van der Waals surface area contributed by atoms with Gasteiger partial charge in [0.15, 0.2) is 5.88 Å². The molecule has 0 spiro atoms. The first-order valence-corrected chi connectivity index (χ1v) is 2.95. The first-order chi connectivity index (χ1) is 5.27. The summed E-state index contributed by atoms with van der Waals surface area (Å²) in [4.78, 5) is 13.2. The van der Waals surface area contributed by atoms with Crippen LogP contribution in [0.3, 0.4) is 0 Å². The zero-order chi connectivity index (χ0) is 8.27. The number of nitrogens with one attached hydrogen (secondary N) is 1. The number of methoxy groups -OCH3 is 1. The molecule has 0 aliphatic rings. The first kappa shape index (κ1) is 7.35. The Hall–Kier alpha value is -1.76. The van der Waals surface area contributed by atoms with E-state index in [0.29, 0.717) is 5.88 Å². The standard InChI is InChI=1S/C7H6N2O2/c1-11-6-3-2-5(4-8)7(10)9-6/h2-3H,1H3,(H,9,10). The fraction of sp³-hybridized carbons (Fsp3) is 0.143. The van der Waals surface area contributed by atoms with Crippen molar-refractivity contribution in [1.82, 2.24) is 4.98 Å². The molecule has 0 radical (unpaired) electrons. The Bertz CT molecular complexity index is 348. The smallest absolute Gasteiger partial charge is 0.268 e. The summed E-state index contributed by atoms with van der Waals surface area (Å²) in [5.41, 5.74) is -0.336. The predicted octanol–water partition coefficient (Wildman–Crippen LogP) is 0.255. The topological polar surface area (TPSA) is 65.9 Å². The van der Waals surface area contributed by atoms with Crippen molar-refractivity contribution in [3.8, 4) is 11.9 Å². The summed E-state index contributed by atoms with van der Waals surface area (Å²) in [5.74, 6) is 0.356. The number of hydrogen-bond donors (Lipinski definition) is 1. The second-order valence-electron chi connectivity index (χ2n) is 1.88. The van der Waals surface area contributed by atoms with E-state index in [1.165, 1.54) is 19.2 Å². The normalized spacial score (nSPS) is 8.73. The molecule has 4 nitrogen and oxygen atoms in total. The molecule has 0 aromatic carbocycles. The maximum atomic E-state index is 10.9. The number of hydrogen-bond acceptors (Lipinski definition) is 3. The number of pyridine rings is 1. The molecule has 0 unspecified atom stereocenters. The molecule has 0 bridgehead atoms. The number of rotatable bonds is 1. The molecule has 1 N–H and O–H groups in total. The molecule has 11 heavy (non-hydrogen) atoms. The predicted molar refractivity (Wildman–Crippen MR) is 38.3 cm³/mol. The van der Waals surface area contributed by atoms with Crippen molar-refractivity contribution in [3.63, 3.8) is 0 Å². The van der Waals surface area contributed by atoms with Gasteiger partial charge in [0.2, 0.25) is 0 Å². The molecule has 0 saturated heterocycles. The molecule has 56 valence electrons. The van der Waals surface area contributed by atoms with Gasteiger partial charge in [-0.3, -0.25) is 9.78 Å². The van der Waals surface area contributed by atoms with Gasteiger partial charge < -0.3 is 4.74 Å². The van der Waals surface area contributed by atoms with Gasteiger partial charge >= 0.3 is 0 Å². The highest BCUT2D eigenvalue weighted by molar-refractivity contribution is 5.28. The van der Waals surface area contributed by atoms with Crippen LogP contribution in [-0.4, -0.2) is 12.1 Å². The van der Waals surface area contributed by atoms with Crippen molar-refractivity contribution in [1.29, 1.82) is 5.26 Å². The molecule has 1 aromatic rings. The molecule has 0 amide bonds. The van der Waals surface area contributed by atoms with E-state index in [9.17, 15) is 4.79 Å². The van der Waals surface area contributed by atoms with Gasteiger partial charge in [0, 0.05) is 0 Å². The monoisotopic (exact) mass is 150 g/mol. The lowest BCUT2D eigenvalue weighted by Crippen LogP contribution is -2.09. The van der Waals surface area contributed by atoms with Crippen LogP contribution in [0.5, 0.6) is 5.88 Å². The Labute approximate surface area is 63.0 Å². The molecule has 0 atom stereocenters. The van der Waals surface area contributed by atoms with Crippen LogP contribution in [0.2, 0.25) is 0 Å². The Morgan fingerprint density at radius 3 is 2.82 bits per heavy atom. The molecule has 4 heteroatoms. The fourth-order valence-electron chi connectivity index (χ4n) is 0.663. The molecular weight excluding hydrogens is 144 g/mol. The lowest BCUT2D eigenvalue weighted by molar-refractivity contribution is 0.396. The minimum absolute atomic E-state index is 0.0887. The number of aromatic nitrogens is 1. The second kappa shape index (κ2) is 2.88. The first-order valence-electron chi connectivity index (χ1n) is 2.95. The summed E-state index contributed by atoms with van der Waals surface area (Å²) in [6.07, 6.45) is 0. The van der Waals surface area contributed by atoms with Crippen molar-refractivity contribution in [2.24, 2.45) is 0 Å². The van der Waals surface area contributed by atoms with Gasteiger partial charge in [0.25, 0.3) is 5.56 Å². The SMILES string of the molecule is COc1ccc(C#N)c(=O)[nH]1. The molecule has 0 fully saturated rings. The van der Waals surface area contributed by atoms with Crippen molar-refractivity contribution in [3.05, 3.63) is 28.0 Å². The number of nitriles is 1. The third-order valence-corrected chi connectivity index (χ3v) is 1.22. The van der Waals surface area contributed by atoms with Crippen LogP contribution in [0.25, 0.3) is 0 Å². The molecule has 0 aliphatic carbocycles. The summed E-state index contributed by atoms with van der Waals surface area (Å²) in [6, 6.07) is 4.69. The van der Waals surface area contributed by atoms with Crippen LogP contribution >= 0.6 is 0 Å². The van der Waals surface area contributed by atoms with Crippen LogP contribution in [0.1, 0.15) is 5.56 Å². The lowest BCUT2D eigenvalue weighted by atomic mass is 10.3. The minimum atomic E-state index is -0.424. The molecule has 1 aromatic heterocycles. The summed E-state index contributed by atoms with van der Waals surface area (Å²) >= 11 is 0. The molecule has 1 rings (SSSR count). The van der Waals surface area contributed by atoms with E-state index in [-0.39, 0.29) is 5.56 Å². The van der Waals surface area contributed by atoms with Gasteiger partial charge in [-0.1, -0.05) is 0 Å². The molecule has 1 heterocycles. The number of aromatic amines is 1. The summed E-state index contributed by atoms with van der Waals surface area (Å²) < 4.78 is 4.73. The van der Waals surface area contributed by atoms with E-state index >= 15 is 0 Å². The maximum Gasteiger partial charge on any atom is 0.268 e. The average Bonchev–Trinajstić information content (AvgIpc) is 2.04.